The molecule has 5 nitrogen and oxygen atoms in total. The molecule has 0 bridgehead atoms. The molecule has 0 aliphatic heterocycles. The average Bonchev–Trinajstić information content (AvgIpc) is 2.92. The first-order valence-corrected chi connectivity index (χ1v) is 8.92. The van der Waals surface area contributed by atoms with Crippen LogP contribution in [0.1, 0.15) is 12.7 Å². The Bertz CT molecular complexity index is 765. The highest BCUT2D eigenvalue weighted by molar-refractivity contribution is 7.92. The molecule has 1 aromatic heterocycles. The molecule has 0 fully saturated rings. The predicted molar refractivity (Wildman–Crippen MR) is 85.3 cm³/mol. The van der Waals surface area contributed by atoms with Crippen LogP contribution in [0.3, 0.4) is 0 Å². The first-order valence-electron chi connectivity index (χ1n) is 6.58. The van der Waals surface area contributed by atoms with E-state index in [1.54, 1.807) is 24.3 Å². The molecule has 118 valence electrons. The lowest BCUT2D eigenvalue weighted by Crippen LogP contribution is -2.36. The third-order valence-electron chi connectivity index (χ3n) is 3.24. The number of amides is 1. The number of hydrogen-bond acceptors (Lipinski definition) is 4. The number of carbonyl (C=O) groups is 1. The van der Waals surface area contributed by atoms with Gasteiger partial charge < -0.3 is 9.73 Å². The Kier molecular flexibility index (Phi) is 4.93. The van der Waals surface area contributed by atoms with E-state index >= 15 is 0 Å². The molecule has 0 spiro atoms. The van der Waals surface area contributed by atoms with Gasteiger partial charge in [0.05, 0.1) is 6.54 Å². The highest BCUT2D eigenvalue weighted by atomic mass is 35.5. The van der Waals surface area contributed by atoms with Gasteiger partial charge in [0.2, 0.25) is 5.91 Å². The highest BCUT2D eigenvalue weighted by Gasteiger charge is 2.23. The molecule has 0 saturated carbocycles. The quantitative estimate of drug-likeness (QED) is 0.907. The summed E-state index contributed by atoms with van der Waals surface area (Å²) in [7, 11) is -3.40. The monoisotopic (exact) mass is 341 g/mol. The van der Waals surface area contributed by atoms with Crippen molar-refractivity contribution in [2.24, 2.45) is 0 Å². The number of hydrogen-bond donors (Lipinski definition) is 1. The van der Waals surface area contributed by atoms with Crippen molar-refractivity contribution in [1.29, 1.82) is 0 Å². The molecule has 0 saturated heterocycles. The maximum Gasteiger partial charge on any atom is 0.238 e. The second-order valence-electron chi connectivity index (χ2n) is 4.96. The van der Waals surface area contributed by atoms with E-state index in [1.165, 1.54) is 6.92 Å². The van der Waals surface area contributed by atoms with Crippen molar-refractivity contribution in [2.75, 3.05) is 6.26 Å². The van der Waals surface area contributed by atoms with Crippen molar-refractivity contribution >= 4 is 27.3 Å². The van der Waals surface area contributed by atoms with E-state index in [0.717, 1.165) is 11.8 Å². The lowest BCUT2D eigenvalue weighted by Gasteiger charge is -2.09. The molecule has 1 amide bonds. The molecule has 1 heterocycles. The van der Waals surface area contributed by atoms with Gasteiger partial charge in [0.15, 0.2) is 9.84 Å². The van der Waals surface area contributed by atoms with Gasteiger partial charge in [0.1, 0.15) is 16.8 Å². The van der Waals surface area contributed by atoms with Crippen LogP contribution in [0.15, 0.2) is 40.8 Å². The zero-order chi connectivity index (χ0) is 16.3. The first-order chi connectivity index (χ1) is 10.3. The highest BCUT2D eigenvalue weighted by Crippen LogP contribution is 2.23. The van der Waals surface area contributed by atoms with Crippen molar-refractivity contribution in [3.05, 3.63) is 47.2 Å². The van der Waals surface area contributed by atoms with Gasteiger partial charge in [-0.1, -0.05) is 11.6 Å². The van der Waals surface area contributed by atoms with Crippen molar-refractivity contribution in [1.82, 2.24) is 5.32 Å². The first kappa shape index (κ1) is 16.6. The van der Waals surface area contributed by atoms with Crippen LogP contribution < -0.4 is 5.32 Å². The van der Waals surface area contributed by atoms with Crippen LogP contribution in [0.2, 0.25) is 5.02 Å². The number of sulfone groups is 1. The van der Waals surface area contributed by atoms with E-state index in [9.17, 15) is 13.2 Å². The maximum absolute atomic E-state index is 11.7. The summed E-state index contributed by atoms with van der Waals surface area (Å²) in [5, 5.41) is 2.10. The van der Waals surface area contributed by atoms with Crippen LogP contribution in [-0.2, 0) is 21.2 Å². The lowest BCUT2D eigenvalue weighted by atomic mass is 10.2. The minimum absolute atomic E-state index is 0.131. The minimum Gasteiger partial charge on any atom is -0.459 e. The normalized spacial score (nSPS) is 12.9. The van der Waals surface area contributed by atoms with Crippen LogP contribution >= 0.6 is 11.6 Å². The Labute approximate surface area is 134 Å². The fourth-order valence-corrected chi connectivity index (χ4v) is 2.35. The third-order valence-corrected chi connectivity index (χ3v) is 4.99. The standard InChI is InChI=1S/C15H16ClNO4S/c1-10(22(2,19)20)15(18)17-9-13-7-8-14(21-13)11-3-5-12(16)6-4-11/h3-8,10H,9H2,1-2H3,(H,17,18). The number of rotatable bonds is 5. The van der Waals surface area contributed by atoms with Gasteiger partial charge in [-0.2, -0.15) is 0 Å². The molecule has 7 heteroatoms. The molecule has 2 aromatic rings. The van der Waals surface area contributed by atoms with E-state index in [1.807, 2.05) is 12.1 Å². The third kappa shape index (κ3) is 4.11. The van der Waals surface area contributed by atoms with Crippen LogP contribution in [0.25, 0.3) is 11.3 Å². The number of carbonyl (C=O) groups excluding carboxylic acids is 1. The number of furan rings is 1. The number of benzene rings is 1. The van der Waals surface area contributed by atoms with Crippen molar-refractivity contribution in [2.45, 2.75) is 18.7 Å². The topological polar surface area (TPSA) is 76.4 Å². The molecule has 0 radical (unpaired) electrons. The molecule has 1 N–H and O–H groups in total. The Morgan fingerprint density at radius 3 is 2.45 bits per heavy atom. The van der Waals surface area contributed by atoms with Gasteiger partial charge in [-0.05, 0) is 43.3 Å². The zero-order valence-corrected chi connectivity index (χ0v) is 13.7. The molecule has 0 aliphatic rings. The van der Waals surface area contributed by atoms with Crippen LogP contribution in [0, 0.1) is 0 Å². The Hall–Kier alpha value is -1.79. The van der Waals surface area contributed by atoms with Gasteiger partial charge >= 0.3 is 0 Å². The largest absolute Gasteiger partial charge is 0.459 e. The van der Waals surface area contributed by atoms with E-state index < -0.39 is 21.0 Å². The molecular weight excluding hydrogens is 326 g/mol. The fourth-order valence-electron chi connectivity index (χ4n) is 1.75. The van der Waals surface area contributed by atoms with E-state index in [0.29, 0.717) is 16.5 Å². The molecule has 22 heavy (non-hydrogen) atoms. The summed E-state index contributed by atoms with van der Waals surface area (Å²) in [5.74, 6) is 0.642. The Morgan fingerprint density at radius 1 is 1.23 bits per heavy atom. The van der Waals surface area contributed by atoms with Gasteiger partial charge in [-0.3, -0.25) is 4.79 Å². The van der Waals surface area contributed by atoms with E-state index in [-0.39, 0.29) is 6.54 Å². The second kappa shape index (κ2) is 6.54. The summed E-state index contributed by atoms with van der Waals surface area (Å²) in [6.45, 7) is 1.48. The van der Waals surface area contributed by atoms with Crippen molar-refractivity contribution in [3.8, 4) is 11.3 Å². The van der Waals surface area contributed by atoms with Crippen LogP contribution in [-0.4, -0.2) is 25.8 Å². The zero-order valence-electron chi connectivity index (χ0n) is 12.2. The molecule has 2 rings (SSSR count). The predicted octanol–water partition coefficient (Wildman–Crippen LogP) is 2.65. The Balaban J connectivity index is 2.01. The molecular formula is C15H16ClNO4S. The smallest absolute Gasteiger partial charge is 0.238 e. The fraction of sp³-hybridized carbons (Fsp3) is 0.267. The second-order valence-corrected chi connectivity index (χ2v) is 7.77. The number of nitrogens with one attached hydrogen (secondary N) is 1. The minimum atomic E-state index is -3.40. The van der Waals surface area contributed by atoms with Crippen molar-refractivity contribution < 1.29 is 17.6 Å². The maximum atomic E-state index is 11.7. The summed E-state index contributed by atoms with van der Waals surface area (Å²) in [6.07, 6.45) is 1.03. The molecule has 1 unspecified atom stereocenters. The van der Waals surface area contributed by atoms with Crippen LogP contribution in [0.4, 0.5) is 0 Å². The van der Waals surface area contributed by atoms with Gasteiger partial charge in [0.25, 0.3) is 0 Å². The summed E-state index contributed by atoms with van der Waals surface area (Å²) in [6, 6.07) is 10.7. The summed E-state index contributed by atoms with van der Waals surface area (Å²) >= 11 is 5.83. The molecule has 1 aromatic carbocycles. The van der Waals surface area contributed by atoms with Gasteiger partial charge in [0, 0.05) is 16.8 Å². The number of halogens is 1. The average molecular weight is 342 g/mol. The summed E-state index contributed by atoms with van der Waals surface area (Å²) in [4.78, 5) is 11.7. The summed E-state index contributed by atoms with van der Waals surface area (Å²) < 4.78 is 28.2. The van der Waals surface area contributed by atoms with Crippen molar-refractivity contribution in [3.63, 3.8) is 0 Å². The molecule has 0 aliphatic carbocycles. The molecule has 1 atom stereocenters. The Morgan fingerprint density at radius 2 is 1.86 bits per heavy atom. The SMILES string of the molecule is CC(C(=O)NCc1ccc(-c2ccc(Cl)cc2)o1)S(C)(=O)=O. The van der Waals surface area contributed by atoms with Gasteiger partial charge in [-0.25, -0.2) is 8.42 Å². The lowest BCUT2D eigenvalue weighted by molar-refractivity contribution is -0.120. The summed E-state index contributed by atoms with van der Waals surface area (Å²) in [5.41, 5.74) is 0.867. The van der Waals surface area contributed by atoms with Gasteiger partial charge in [-0.15, -0.1) is 0 Å². The van der Waals surface area contributed by atoms with E-state index in [4.69, 9.17) is 16.0 Å². The van der Waals surface area contributed by atoms with E-state index in [2.05, 4.69) is 5.32 Å². The van der Waals surface area contributed by atoms with Crippen LogP contribution in [0.5, 0.6) is 0 Å².